The van der Waals surface area contributed by atoms with E-state index in [0.717, 1.165) is 49.3 Å². The molecule has 1 fully saturated rings. The molecule has 0 radical (unpaired) electrons. The van der Waals surface area contributed by atoms with Crippen LogP contribution in [0.25, 0.3) is 0 Å². The molecule has 1 aromatic rings. The van der Waals surface area contributed by atoms with Gasteiger partial charge in [0.25, 0.3) is 0 Å². The number of carbonyl (C=O) groups is 2. The minimum atomic E-state index is -5.46. The fourth-order valence-electron chi connectivity index (χ4n) is 6.63. The lowest BCUT2D eigenvalue weighted by molar-refractivity contribution is -0.161. The molecule has 0 amide bonds. The summed E-state index contributed by atoms with van der Waals surface area (Å²) in [5.41, 5.74) is 4.57. The van der Waals surface area contributed by atoms with Crippen molar-refractivity contribution in [2.24, 2.45) is 0 Å². The van der Waals surface area contributed by atoms with Crippen molar-refractivity contribution in [3.05, 3.63) is 108 Å². The van der Waals surface area contributed by atoms with Crippen LogP contribution in [0.2, 0.25) is 0 Å². The Hall–Kier alpha value is -4.10. The van der Waals surface area contributed by atoms with Gasteiger partial charge in [-0.25, -0.2) is 13.9 Å². The van der Waals surface area contributed by atoms with Crippen molar-refractivity contribution in [1.29, 1.82) is 0 Å². The van der Waals surface area contributed by atoms with E-state index in [2.05, 4.69) is 59.6 Å². The molecule has 0 aliphatic carbocycles. The monoisotopic (exact) mass is 1040 g/mol. The Morgan fingerprint density at radius 3 is 1.94 bits per heavy atom. The average molecular weight is 1040 g/mol. The zero-order chi connectivity index (χ0) is 52.2. The number of nitrogens with zero attached hydrogens (tertiary/aromatic N) is 2. The van der Waals surface area contributed by atoms with Crippen molar-refractivity contribution < 1.29 is 71.4 Å². The van der Waals surface area contributed by atoms with Crippen molar-refractivity contribution in [2.75, 3.05) is 25.6 Å². The largest absolute Gasteiger partial charge is 0.481 e. The van der Waals surface area contributed by atoms with Crippen LogP contribution >= 0.6 is 15.6 Å². The molecule has 1 aromatic heterocycles. The minimum absolute atomic E-state index is 0.0489. The summed E-state index contributed by atoms with van der Waals surface area (Å²) >= 11 is 0. The molecule has 0 bridgehead atoms. The number of nitrogens with two attached hydrogens (primary N) is 1. The number of ether oxygens (including phenoxy) is 3. The first-order valence-electron chi connectivity index (χ1n) is 24.7. The van der Waals surface area contributed by atoms with Crippen LogP contribution in [0.15, 0.2) is 102 Å². The number of phosphoric ester groups is 2. The summed E-state index contributed by atoms with van der Waals surface area (Å²) < 4.78 is 56.6. The molecule has 2 unspecified atom stereocenters. The maximum atomic E-state index is 12.8. The molecule has 0 aromatic carbocycles. The van der Waals surface area contributed by atoms with Crippen LogP contribution in [0.3, 0.4) is 0 Å². The summed E-state index contributed by atoms with van der Waals surface area (Å²) in [6.07, 6.45) is 35.6. The number of rotatable bonds is 39. The molecule has 400 valence electrons. The average Bonchev–Trinajstić information content (AvgIpc) is 3.60. The first kappa shape index (κ1) is 63.0. The van der Waals surface area contributed by atoms with Gasteiger partial charge in [0, 0.05) is 19.0 Å². The normalized spacial score (nSPS) is 20.3. The summed E-state index contributed by atoms with van der Waals surface area (Å²) in [7, 11) is -10.9. The Kier molecular flexibility index (Phi) is 33.4. The second kappa shape index (κ2) is 37.6. The topological polar surface area (TPSA) is 286 Å². The quantitative estimate of drug-likeness (QED) is 0.0118. The molecule has 2 rings (SSSR count). The van der Waals surface area contributed by atoms with Crippen LogP contribution in [0.4, 0.5) is 5.82 Å². The Morgan fingerprint density at radius 2 is 1.31 bits per heavy atom. The van der Waals surface area contributed by atoms with Crippen molar-refractivity contribution in [2.45, 2.75) is 173 Å². The Balaban J connectivity index is 1.88. The van der Waals surface area contributed by atoms with Crippen molar-refractivity contribution >= 4 is 33.4 Å². The zero-order valence-electron chi connectivity index (χ0n) is 41.4. The number of esters is 2. The molecule has 0 spiro atoms. The van der Waals surface area contributed by atoms with Crippen LogP contribution in [0, 0.1) is 0 Å². The Labute approximate surface area is 419 Å². The van der Waals surface area contributed by atoms with E-state index < -0.39 is 89.8 Å². The molecular weight excluding hydrogens is 961 g/mol. The smallest absolute Gasteiger partial charge is 0.462 e. The fourth-order valence-corrected chi connectivity index (χ4v) is 8.74. The van der Waals surface area contributed by atoms with Gasteiger partial charge in [0.15, 0.2) is 12.3 Å². The molecular formula is C50H79N3O16P2. The van der Waals surface area contributed by atoms with Gasteiger partial charge in [0.2, 0.25) is 0 Å². The van der Waals surface area contributed by atoms with E-state index in [0.29, 0.717) is 38.5 Å². The number of nitrogen functional groups attached to an aromatic ring is 1. The number of aromatic nitrogens is 2. The highest BCUT2D eigenvalue weighted by Gasteiger charge is 2.46. The van der Waals surface area contributed by atoms with Crippen LogP contribution in [-0.2, 0) is 46.3 Å². The number of phosphoric acid groups is 2. The van der Waals surface area contributed by atoms with Crippen LogP contribution in [0.1, 0.15) is 142 Å². The molecule has 71 heavy (non-hydrogen) atoms. The number of allylic oxidation sites excluding steroid dienone is 12. The van der Waals surface area contributed by atoms with E-state index >= 15 is 0 Å². The number of hydrogen-bond donors (Lipinski definition) is 6. The van der Waals surface area contributed by atoms with Gasteiger partial charge in [0.05, 0.1) is 19.3 Å². The summed E-state index contributed by atoms with van der Waals surface area (Å²) in [6.45, 7) is 1.90. The van der Waals surface area contributed by atoms with Gasteiger partial charge in [-0.1, -0.05) is 125 Å². The van der Waals surface area contributed by atoms with Crippen molar-refractivity contribution in [1.82, 2.24) is 9.55 Å². The summed E-state index contributed by atoms with van der Waals surface area (Å²) in [6, 6.07) is 1.24. The SMILES string of the molecule is CCCCC/C=C\C=C/[C@H](O)C/C=C\C/C=C/CCCC(=O)O[C@H](COC(=O)CCCC/C=C\C/C=C\C/C=C\CCCCC)COP(=O)(O)OP(=O)(O)OC[C@H]1O[C@@H](n2ccc(N)nc2=O)[C@H](O)[C@@H]1O. The lowest BCUT2D eigenvalue weighted by atomic mass is 10.1. The fraction of sp³-hybridized carbons (Fsp3) is 0.600. The van der Waals surface area contributed by atoms with E-state index in [1.165, 1.54) is 38.2 Å². The van der Waals surface area contributed by atoms with Gasteiger partial charge in [-0.05, 0) is 89.5 Å². The van der Waals surface area contributed by atoms with Crippen LogP contribution in [0.5, 0.6) is 0 Å². The second-order valence-electron chi connectivity index (χ2n) is 16.8. The van der Waals surface area contributed by atoms with Gasteiger partial charge in [0.1, 0.15) is 30.7 Å². The van der Waals surface area contributed by atoms with E-state index in [4.69, 9.17) is 29.0 Å². The molecule has 1 saturated heterocycles. The highest BCUT2D eigenvalue weighted by molar-refractivity contribution is 7.61. The highest BCUT2D eigenvalue weighted by Crippen LogP contribution is 2.60. The third-order valence-electron chi connectivity index (χ3n) is 10.5. The third-order valence-corrected chi connectivity index (χ3v) is 13.1. The van der Waals surface area contributed by atoms with E-state index in [-0.39, 0.29) is 18.7 Å². The molecule has 1 aliphatic rings. The summed E-state index contributed by atoms with van der Waals surface area (Å²) in [5, 5.41) is 31.0. The molecule has 2 heterocycles. The van der Waals surface area contributed by atoms with E-state index in [1.807, 2.05) is 42.5 Å². The molecule has 19 nitrogen and oxygen atoms in total. The predicted octanol–water partition coefficient (Wildman–Crippen LogP) is 8.86. The number of carbonyl (C=O) groups excluding carboxylic acids is 2. The molecule has 8 atom stereocenters. The zero-order valence-corrected chi connectivity index (χ0v) is 43.1. The number of aliphatic hydroxyl groups excluding tert-OH is 3. The maximum Gasteiger partial charge on any atom is 0.481 e. The standard InChI is InChI=1S/C50H79N3O16P2/c1-3-5-7-9-11-12-13-14-15-16-17-18-22-26-30-34-45(55)64-38-42(67-46(56)35-31-27-23-19-21-25-29-33-41(54)32-28-24-20-10-8-6-4-2)39-65-70(60,61)69-71(62,63)66-40-43-47(57)48(58)49(68-43)53-37-36-44(51)52-50(53)59/h11-12,14-15,17-20,23-25,28-29,32,36-37,41-43,47-49,54,57-58H,3-10,13,16,21-22,26-27,30-31,33-35,38-40H2,1-2H3,(H,60,61)(H,62,63)(H2,51,52,59)/b12-11-,15-14-,18-17-,23-19+,24-20-,29-25-,32-28-/t41-,42+,43+,47+,48+,49+/m0/s1. The summed E-state index contributed by atoms with van der Waals surface area (Å²) in [5.74, 6) is -1.47. The number of unbranched alkanes of at least 4 members (excludes halogenated alkanes) is 9. The maximum absolute atomic E-state index is 12.8. The molecule has 7 N–H and O–H groups in total. The minimum Gasteiger partial charge on any atom is -0.462 e. The van der Waals surface area contributed by atoms with Crippen molar-refractivity contribution in [3.8, 4) is 0 Å². The van der Waals surface area contributed by atoms with Gasteiger partial charge < -0.3 is 45.1 Å². The highest BCUT2D eigenvalue weighted by atomic mass is 31.3. The van der Waals surface area contributed by atoms with Crippen LogP contribution in [-0.4, -0.2) is 96.9 Å². The number of anilines is 1. The lowest BCUT2D eigenvalue weighted by Crippen LogP contribution is -2.36. The molecule has 1 aliphatic heterocycles. The van der Waals surface area contributed by atoms with Crippen LogP contribution < -0.4 is 11.4 Å². The molecule has 0 saturated carbocycles. The predicted molar refractivity (Wildman–Crippen MR) is 271 cm³/mol. The first-order valence-corrected chi connectivity index (χ1v) is 27.7. The van der Waals surface area contributed by atoms with E-state index in [1.54, 1.807) is 6.08 Å². The number of hydrogen-bond acceptors (Lipinski definition) is 16. The lowest BCUT2D eigenvalue weighted by Gasteiger charge is -2.21. The van der Waals surface area contributed by atoms with Gasteiger partial charge in [-0.3, -0.25) is 23.2 Å². The Morgan fingerprint density at radius 1 is 0.746 bits per heavy atom. The Bertz CT molecular complexity index is 2040. The van der Waals surface area contributed by atoms with E-state index in [9.17, 15) is 48.6 Å². The first-order chi connectivity index (χ1) is 34.1. The molecule has 21 heteroatoms. The third kappa shape index (κ3) is 30.5. The van der Waals surface area contributed by atoms with Gasteiger partial charge in [-0.15, -0.1) is 0 Å². The second-order valence-corrected chi connectivity index (χ2v) is 19.8. The van der Waals surface area contributed by atoms with Gasteiger partial charge >= 0.3 is 33.3 Å². The summed E-state index contributed by atoms with van der Waals surface area (Å²) in [4.78, 5) is 61.8. The van der Waals surface area contributed by atoms with Crippen molar-refractivity contribution in [3.63, 3.8) is 0 Å². The van der Waals surface area contributed by atoms with Gasteiger partial charge in [-0.2, -0.15) is 9.29 Å². The number of aliphatic hydroxyl groups is 3.